The number of hydrogen-bond acceptors (Lipinski definition) is 5. The van der Waals surface area contributed by atoms with Gasteiger partial charge in [-0.25, -0.2) is 0 Å². The standard InChI is InChI=1S/C14H22N2O2S2/c1-19-12-5-10-20-13(12)14(17)16-7-3-11(4-8-16)18-9-2-6-15/h5,10-11H,2-4,6-9,15H2,1H3. The van der Waals surface area contributed by atoms with Gasteiger partial charge in [0.2, 0.25) is 0 Å². The molecule has 0 aliphatic carbocycles. The number of carbonyl (C=O) groups is 1. The van der Waals surface area contributed by atoms with E-state index in [0.717, 1.165) is 48.7 Å². The number of thioether (sulfide) groups is 1. The van der Waals surface area contributed by atoms with E-state index in [1.807, 2.05) is 22.6 Å². The van der Waals surface area contributed by atoms with Crippen LogP contribution in [-0.4, -0.2) is 49.4 Å². The Morgan fingerprint density at radius 2 is 2.30 bits per heavy atom. The van der Waals surface area contributed by atoms with Crippen molar-refractivity contribution >= 4 is 29.0 Å². The number of nitrogens with two attached hydrogens (primary N) is 1. The maximum Gasteiger partial charge on any atom is 0.265 e. The first-order valence-electron chi connectivity index (χ1n) is 6.98. The molecule has 1 amide bonds. The third kappa shape index (κ3) is 3.97. The van der Waals surface area contributed by atoms with Gasteiger partial charge in [0.15, 0.2) is 0 Å². The van der Waals surface area contributed by atoms with Crippen LogP contribution < -0.4 is 5.73 Å². The average molecular weight is 314 g/mol. The molecule has 0 unspecified atom stereocenters. The monoisotopic (exact) mass is 314 g/mol. The zero-order valence-corrected chi connectivity index (χ0v) is 13.5. The van der Waals surface area contributed by atoms with Crippen LogP contribution in [0.25, 0.3) is 0 Å². The van der Waals surface area contributed by atoms with Crippen LogP contribution in [0.1, 0.15) is 28.9 Å². The summed E-state index contributed by atoms with van der Waals surface area (Å²) in [6.45, 7) is 2.99. The highest BCUT2D eigenvalue weighted by Crippen LogP contribution is 2.28. The molecular weight excluding hydrogens is 292 g/mol. The molecule has 0 saturated carbocycles. The van der Waals surface area contributed by atoms with Gasteiger partial charge >= 0.3 is 0 Å². The lowest BCUT2D eigenvalue weighted by Gasteiger charge is -2.31. The fourth-order valence-corrected chi connectivity index (χ4v) is 4.03. The second kappa shape index (κ2) is 8.02. The highest BCUT2D eigenvalue weighted by molar-refractivity contribution is 7.98. The van der Waals surface area contributed by atoms with Crippen molar-refractivity contribution in [2.75, 3.05) is 32.5 Å². The predicted octanol–water partition coefficient (Wildman–Crippen LogP) is 2.44. The second-order valence-corrected chi connectivity index (χ2v) is 6.59. The van der Waals surface area contributed by atoms with Crippen LogP contribution in [0.2, 0.25) is 0 Å². The first-order chi connectivity index (χ1) is 9.76. The molecular formula is C14H22N2O2S2. The Bertz CT molecular complexity index is 429. The van der Waals surface area contributed by atoms with Crippen molar-refractivity contribution in [2.45, 2.75) is 30.3 Å². The van der Waals surface area contributed by atoms with Crippen molar-refractivity contribution in [3.63, 3.8) is 0 Å². The molecule has 2 N–H and O–H groups in total. The van der Waals surface area contributed by atoms with Crippen LogP contribution in [0, 0.1) is 0 Å². The Hall–Kier alpha value is -0.560. The molecule has 112 valence electrons. The van der Waals surface area contributed by atoms with Gasteiger partial charge in [-0.15, -0.1) is 23.1 Å². The van der Waals surface area contributed by atoms with Gasteiger partial charge in [0.05, 0.1) is 6.10 Å². The van der Waals surface area contributed by atoms with Crippen LogP contribution >= 0.6 is 23.1 Å². The minimum atomic E-state index is 0.171. The summed E-state index contributed by atoms with van der Waals surface area (Å²) >= 11 is 3.17. The van der Waals surface area contributed by atoms with E-state index >= 15 is 0 Å². The maximum atomic E-state index is 12.5. The molecule has 0 spiro atoms. The summed E-state index contributed by atoms with van der Waals surface area (Å²) in [5.74, 6) is 0.171. The topological polar surface area (TPSA) is 55.6 Å². The van der Waals surface area contributed by atoms with Crippen molar-refractivity contribution < 1.29 is 9.53 Å². The van der Waals surface area contributed by atoms with Crippen LogP contribution in [0.15, 0.2) is 16.3 Å². The Morgan fingerprint density at radius 1 is 1.55 bits per heavy atom. The smallest absolute Gasteiger partial charge is 0.265 e. The zero-order valence-electron chi connectivity index (χ0n) is 11.8. The van der Waals surface area contributed by atoms with E-state index in [9.17, 15) is 4.79 Å². The molecule has 1 aliphatic heterocycles. The number of carbonyl (C=O) groups excluding carboxylic acids is 1. The fourth-order valence-electron chi connectivity index (χ4n) is 2.32. The molecule has 0 radical (unpaired) electrons. The molecule has 1 fully saturated rings. The molecule has 2 rings (SSSR count). The number of hydrogen-bond donors (Lipinski definition) is 1. The highest BCUT2D eigenvalue weighted by Gasteiger charge is 2.25. The molecule has 2 heterocycles. The summed E-state index contributed by atoms with van der Waals surface area (Å²) in [4.78, 5) is 16.4. The quantitative estimate of drug-likeness (QED) is 0.647. The Labute approximate surface area is 128 Å². The molecule has 1 saturated heterocycles. The normalized spacial score (nSPS) is 16.6. The SMILES string of the molecule is CSc1ccsc1C(=O)N1CCC(OCCCN)CC1. The van der Waals surface area contributed by atoms with E-state index in [-0.39, 0.29) is 12.0 Å². The van der Waals surface area contributed by atoms with E-state index in [0.29, 0.717) is 6.54 Å². The van der Waals surface area contributed by atoms with Crippen molar-refractivity contribution in [3.05, 3.63) is 16.3 Å². The van der Waals surface area contributed by atoms with Crippen molar-refractivity contribution in [1.82, 2.24) is 4.90 Å². The van der Waals surface area contributed by atoms with Crippen molar-refractivity contribution in [1.29, 1.82) is 0 Å². The van der Waals surface area contributed by atoms with Gasteiger partial charge in [0.25, 0.3) is 5.91 Å². The van der Waals surface area contributed by atoms with Crippen molar-refractivity contribution in [3.8, 4) is 0 Å². The summed E-state index contributed by atoms with van der Waals surface area (Å²) in [5.41, 5.74) is 5.45. The lowest BCUT2D eigenvalue weighted by Crippen LogP contribution is -2.40. The van der Waals surface area contributed by atoms with Crippen molar-refractivity contribution in [2.24, 2.45) is 5.73 Å². The number of thiophene rings is 1. The maximum absolute atomic E-state index is 12.5. The molecule has 0 bridgehead atoms. The van der Waals surface area contributed by atoms with Gasteiger partial charge in [0.1, 0.15) is 4.88 Å². The van der Waals surface area contributed by atoms with Crippen LogP contribution in [0.4, 0.5) is 0 Å². The largest absolute Gasteiger partial charge is 0.378 e. The first-order valence-corrected chi connectivity index (χ1v) is 9.09. The molecule has 1 aromatic rings. The van der Waals surface area contributed by atoms with E-state index in [2.05, 4.69) is 0 Å². The van der Waals surface area contributed by atoms with Gasteiger partial charge in [-0.1, -0.05) is 0 Å². The van der Waals surface area contributed by atoms with E-state index < -0.39 is 0 Å². The minimum absolute atomic E-state index is 0.171. The number of ether oxygens (including phenoxy) is 1. The highest BCUT2D eigenvalue weighted by atomic mass is 32.2. The Balaban J connectivity index is 1.83. The predicted molar refractivity (Wildman–Crippen MR) is 84.6 cm³/mol. The number of nitrogens with zero attached hydrogens (tertiary/aromatic N) is 1. The molecule has 4 nitrogen and oxygen atoms in total. The lowest BCUT2D eigenvalue weighted by molar-refractivity contribution is 0.00850. The van der Waals surface area contributed by atoms with Crippen LogP contribution in [0.5, 0.6) is 0 Å². The fraction of sp³-hybridized carbons (Fsp3) is 0.643. The number of rotatable bonds is 6. The van der Waals surface area contributed by atoms with E-state index in [1.54, 1.807) is 11.8 Å². The Kier molecular flexibility index (Phi) is 6.35. The minimum Gasteiger partial charge on any atom is -0.378 e. The summed E-state index contributed by atoms with van der Waals surface area (Å²) in [7, 11) is 0. The molecule has 0 aromatic carbocycles. The third-order valence-corrected chi connectivity index (χ3v) is 5.29. The molecule has 1 aromatic heterocycles. The van der Waals surface area contributed by atoms with Gasteiger partial charge < -0.3 is 15.4 Å². The molecule has 1 aliphatic rings. The average Bonchev–Trinajstić information content (AvgIpc) is 2.96. The Morgan fingerprint density at radius 3 is 2.95 bits per heavy atom. The van der Waals surface area contributed by atoms with Gasteiger partial charge in [-0.2, -0.15) is 0 Å². The number of amides is 1. The van der Waals surface area contributed by atoms with Crippen LogP contribution in [0.3, 0.4) is 0 Å². The number of likely N-dealkylation sites (tertiary alicyclic amines) is 1. The summed E-state index contributed by atoms with van der Waals surface area (Å²) in [6.07, 6.45) is 5.06. The lowest BCUT2D eigenvalue weighted by atomic mass is 10.1. The van der Waals surface area contributed by atoms with Gasteiger partial charge in [-0.3, -0.25) is 4.79 Å². The number of piperidine rings is 1. The van der Waals surface area contributed by atoms with E-state index in [1.165, 1.54) is 11.3 Å². The summed E-state index contributed by atoms with van der Waals surface area (Å²) < 4.78 is 5.77. The third-order valence-electron chi connectivity index (χ3n) is 3.47. The summed E-state index contributed by atoms with van der Waals surface area (Å²) in [5, 5.41) is 1.99. The van der Waals surface area contributed by atoms with Gasteiger partial charge in [0, 0.05) is 24.6 Å². The van der Waals surface area contributed by atoms with E-state index in [4.69, 9.17) is 10.5 Å². The second-order valence-electron chi connectivity index (χ2n) is 4.82. The van der Waals surface area contributed by atoms with Gasteiger partial charge in [-0.05, 0) is 43.5 Å². The molecule has 20 heavy (non-hydrogen) atoms. The summed E-state index contributed by atoms with van der Waals surface area (Å²) in [6, 6.07) is 2.02. The first kappa shape index (κ1) is 15.8. The molecule has 0 atom stereocenters. The zero-order chi connectivity index (χ0) is 14.4. The molecule has 6 heteroatoms. The van der Waals surface area contributed by atoms with Crippen LogP contribution in [-0.2, 0) is 4.74 Å².